The number of nitrogens with zero attached hydrogens (tertiary/aromatic N) is 1. The van der Waals surface area contributed by atoms with Crippen LogP contribution in [0.15, 0.2) is 24.3 Å². The Labute approximate surface area is 177 Å². The van der Waals surface area contributed by atoms with Crippen molar-refractivity contribution in [3.05, 3.63) is 29.8 Å². The normalized spacial score (nSPS) is 17.8. The zero-order valence-corrected chi connectivity index (χ0v) is 18.6. The summed E-state index contributed by atoms with van der Waals surface area (Å²) in [5.74, 6) is 0.108. The van der Waals surface area contributed by atoms with E-state index < -0.39 is 28.3 Å². The van der Waals surface area contributed by atoms with Crippen molar-refractivity contribution >= 4 is 27.8 Å². The van der Waals surface area contributed by atoms with Crippen LogP contribution in [0.3, 0.4) is 0 Å². The molecule has 1 unspecified atom stereocenters. The number of sulfone groups is 1. The molecule has 0 bridgehead atoms. The van der Waals surface area contributed by atoms with E-state index in [1.165, 1.54) is 18.1 Å². The molecule has 0 spiro atoms. The summed E-state index contributed by atoms with van der Waals surface area (Å²) < 4.78 is 39.3. The van der Waals surface area contributed by atoms with Gasteiger partial charge >= 0.3 is 5.97 Å². The summed E-state index contributed by atoms with van der Waals surface area (Å²) in [5.41, 5.74) is 0.706. The number of rotatable bonds is 9. The Hall–Kier alpha value is -2.55. The van der Waals surface area contributed by atoms with Gasteiger partial charge in [-0.05, 0) is 51.0 Å². The second kappa shape index (κ2) is 10.5. The van der Waals surface area contributed by atoms with Gasteiger partial charge in [0.05, 0.1) is 24.7 Å². The molecular weight excluding hydrogens is 410 g/mol. The van der Waals surface area contributed by atoms with Crippen molar-refractivity contribution < 1.29 is 32.2 Å². The summed E-state index contributed by atoms with van der Waals surface area (Å²) in [6, 6.07) is 4.89. The van der Waals surface area contributed by atoms with E-state index in [1.807, 2.05) is 13.8 Å². The van der Waals surface area contributed by atoms with E-state index in [0.29, 0.717) is 30.0 Å². The van der Waals surface area contributed by atoms with E-state index in [-0.39, 0.29) is 23.7 Å². The minimum atomic E-state index is -3.10. The molecule has 2 rings (SSSR count). The first-order valence-electron chi connectivity index (χ1n) is 9.84. The van der Waals surface area contributed by atoms with E-state index in [0.717, 1.165) is 0 Å². The van der Waals surface area contributed by atoms with Gasteiger partial charge in [-0.15, -0.1) is 0 Å². The van der Waals surface area contributed by atoms with E-state index in [1.54, 1.807) is 31.2 Å². The van der Waals surface area contributed by atoms with Gasteiger partial charge in [0.15, 0.2) is 27.9 Å². The van der Waals surface area contributed by atoms with Crippen LogP contribution in [0, 0.1) is 0 Å². The minimum Gasteiger partial charge on any atom is -0.493 e. The standard InChI is InChI=1S/C21H29NO7S/c1-5-22(17-10-11-30(25,26)14-17)20(23)13-28-21(24)9-7-16-6-8-18(29-15(2)3)19(12-16)27-4/h6-9,12,15,17H,5,10-11,13-14H2,1-4H3. The molecule has 1 saturated heterocycles. The van der Waals surface area contributed by atoms with Crippen molar-refractivity contribution in [1.29, 1.82) is 0 Å². The third-order valence-electron chi connectivity index (χ3n) is 4.61. The lowest BCUT2D eigenvalue weighted by Gasteiger charge is -2.26. The van der Waals surface area contributed by atoms with Crippen LogP contribution in [-0.4, -0.2) is 69.1 Å². The predicted octanol–water partition coefficient (Wildman–Crippen LogP) is 2.07. The molecule has 1 aromatic carbocycles. The largest absolute Gasteiger partial charge is 0.493 e. The van der Waals surface area contributed by atoms with Gasteiger partial charge in [0.2, 0.25) is 0 Å². The molecule has 166 valence electrons. The number of methoxy groups -OCH3 is 1. The van der Waals surface area contributed by atoms with Crippen LogP contribution in [0.2, 0.25) is 0 Å². The topological polar surface area (TPSA) is 99.2 Å². The summed E-state index contributed by atoms with van der Waals surface area (Å²) in [7, 11) is -1.57. The maximum atomic E-state index is 12.4. The average molecular weight is 440 g/mol. The van der Waals surface area contributed by atoms with Crippen molar-refractivity contribution in [2.24, 2.45) is 0 Å². The predicted molar refractivity (Wildman–Crippen MR) is 113 cm³/mol. The molecule has 1 amide bonds. The first-order chi connectivity index (χ1) is 14.1. The molecule has 1 atom stereocenters. The van der Waals surface area contributed by atoms with Crippen LogP contribution in [0.5, 0.6) is 11.5 Å². The lowest BCUT2D eigenvalue weighted by molar-refractivity contribution is -0.149. The Balaban J connectivity index is 1.92. The first kappa shape index (κ1) is 23.7. The molecule has 0 aliphatic carbocycles. The molecular formula is C21H29NO7S. The van der Waals surface area contributed by atoms with E-state index in [2.05, 4.69) is 0 Å². The number of likely N-dealkylation sites (N-methyl/N-ethyl adjacent to an activating group) is 1. The summed E-state index contributed by atoms with van der Waals surface area (Å²) in [4.78, 5) is 25.8. The van der Waals surface area contributed by atoms with Gasteiger partial charge in [-0.25, -0.2) is 13.2 Å². The Morgan fingerprint density at radius 1 is 1.27 bits per heavy atom. The van der Waals surface area contributed by atoms with Gasteiger partial charge in [0.25, 0.3) is 5.91 Å². The molecule has 1 aromatic rings. The molecule has 1 aliphatic rings. The Kier molecular flexibility index (Phi) is 8.28. The summed E-state index contributed by atoms with van der Waals surface area (Å²) in [6.07, 6.45) is 3.19. The molecule has 1 fully saturated rings. The molecule has 9 heteroatoms. The van der Waals surface area contributed by atoms with Crippen LogP contribution >= 0.6 is 0 Å². The average Bonchev–Trinajstić information content (AvgIpc) is 3.05. The van der Waals surface area contributed by atoms with Gasteiger partial charge in [-0.1, -0.05) is 6.07 Å². The van der Waals surface area contributed by atoms with Crippen molar-refractivity contribution in [3.8, 4) is 11.5 Å². The van der Waals surface area contributed by atoms with Gasteiger partial charge in [-0.3, -0.25) is 4.79 Å². The third kappa shape index (κ3) is 6.76. The van der Waals surface area contributed by atoms with E-state index >= 15 is 0 Å². The highest BCUT2D eigenvalue weighted by atomic mass is 32.2. The monoisotopic (exact) mass is 439 g/mol. The molecule has 8 nitrogen and oxygen atoms in total. The summed E-state index contributed by atoms with van der Waals surface area (Å²) >= 11 is 0. The third-order valence-corrected chi connectivity index (χ3v) is 6.36. The maximum Gasteiger partial charge on any atom is 0.331 e. The lowest BCUT2D eigenvalue weighted by atomic mass is 10.2. The highest BCUT2D eigenvalue weighted by Gasteiger charge is 2.34. The van der Waals surface area contributed by atoms with Crippen molar-refractivity contribution in [2.45, 2.75) is 39.3 Å². The fourth-order valence-electron chi connectivity index (χ4n) is 3.23. The van der Waals surface area contributed by atoms with Gasteiger partial charge in [0.1, 0.15) is 0 Å². The Bertz CT molecular complexity index is 893. The first-order valence-corrected chi connectivity index (χ1v) is 11.7. The van der Waals surface area contributed by atoms with Crippen molar-refractivity contribution in [3.63, 3.8) is 0 Å². The second-order valence-electron chi connectivity index (χ2n) is 7.25. The Morgan fingerprint density at radius 2 is 2.00 bits per heavy atom. The number of ether oxygens (including phenoxy) is 3. The second-order valence-corrected chi connectivity index (χ2v) is 9.48. The molecule has 0 aromatic heterocycles. The molecule has 1 heterocycles. The summed E-state index contributed by atoms with van der Waals surface area (Å²) in [5, 5.41) is 0. The maximum absolute atomic E-state index is 12.4. The van der Waals surface area contributed by atoms with Gasteiger partial charge < -0.3 is 19.1 Å². The highest BCUT2D eigenvalue weighted by Crippen LogP contribution is 2.29. The number of hydrogen-bond donors (Lipinski definition) is 0. The smallest absolute Gasteiger partial charge is 0.331 e. The number of benzene rings is 1. The molecule has 0 saturated carbocycles. The number of hydrogen-bond acceptors (Lipinski definition) is 7. The number of amides is 1. The van der Waals surface area contributed by atoms with Crippen LogP contribution < -0.4 is 9.47 Å². The quantitative estimate of drug-likeness (QED) is 0.429. The number of esters is 1. The Morgan fingerprint density at radius 3 is 2.57 bits per heavy atom. The van der Waals surface area contributed by atoms with Crippen LogP contribution in [0.1, 0.15) is 32.8 Å². The van der Waals surface area contributed by atoms with Gasteiger partial charge in [-0.2, -0.15) is 0 Å². The SMILES string of the molecule is CCN(C(=O)COC(=O)C=Cc1ccc(OC(C)C)c(OC)c1)C1CCS(=O)(=O)C1. The summed E-state index contributed by atoms with van der Waals surface area (Å²) in [6.45, 7) is 5.52. The van der Waals surface area contributed by atoms with Gasteiger partial charge in [0, 0.05) is 18.7 Å². The van der Waals surface area contributed by atoms with Crippen LogP contribution in [0.25, 0.3) is 6.08 Å². The van der Waals surface area contributed by atoms with Crippen LogP contribution in [0.4, 0.5) is 0 Å². The fourth-order valence-corrected chi connectivity index (χ4v) is 4.96. The van der Waals surface area contributed by atoms with E-state index in [4.69, 9.17) is 14.2 Å². The number of carbonyl (C=O) groups excluding carboxylic acids is 2. The molecule has 30 heavy (non-hydrogen) atoms. The lowest BCUT2D eigenvalue weighted by Crippen LogP contribution is -2.43. The van der Waals surface area contributed by atoms with E-state index in [9.17, 15) is 18.0 Å². The number of carbonyl (C=O) groups is 2. The van der Waals surface area contributed by atoms with Crippen molar-refractivity contribution in [1.82, 2.24) is 4.90 Å². The zero-order valence-electron chi connectivity index (χ0n) is 17.8. The minimum absolute atomic E-state index is 0.000154. The zero-order chi connectivity index (χ0) is 22.3. The fraction of sp³-hybridized carbons (Fsp3) is 0.524. The van der Waals surface area contributed by atoms with Crippen LogP contribution in [-0.2, 0) is 24.2 Å². The van der Waals surface area contributed by atoms with Crippen molar-refractivity contribution in [2.75, 3.05) is 31.8 Å². The highest BCUT2D eigenvalue weighted by molar-refractivity contribution is 7.91. The molecule has 0 radical (unpaired) electrons. The molecule has 1 aliphatic heterocycles. The molecule has 0 N–H and O–H groups in total.